The lowest BCUT2D eigenvalue weighted by Gasteiger charge is -2.32. The molecular formula is C30H34F2N6O2. The minimum atomic E-state index is -0.858. The molecule has 1 saturated carbocycles. The summed E-state index contributed by atoms with van der Waals surface area (Å²) in [6.45, 7) is 4.66. The molecule has 0 radical (unpaired) electrons. The van der Waals surface area contributed by atoms with Crippen LogP contribution in [0.4, 0.5) is 8.78 Å². The summed E-state index contributed by atoms with van der Waals surface area (Å²) in [5, 5.41) is 7.31. The van der Waals surface area contributed by atoms with Gasteiger partial charge in [0.15, 0.2) is 5.82 Å². The van der Waals surface area contributed by atoms with E-state index in [-0.39, 0.29) is 45.5 Å². The van der Waals surface area contributed by atoms with E-state index in [1.165, 1.54) is 17.0 Å². The van der Waals surface area contributed by atoms with Crippen LogP contribution in [0, 0.1) is 23.5 Å². The number of rotatable bonds is 7. The van der Waals surface area contributed by atoms with Gasteiger partial charge in [0.2, 0.25) is 0 Å². The number of aryl methyl sites for hydroxylation is 1. The first kappa shape index (κ1) is 27.5. The molecule has 5 rings (SSSR count). The molecule has 2 N–H and O–H groups in total. The van der Waals surface area contributed by atoms with Gasteiger partial charge in [-0.2, -0.15) is 5.10 Å². The van der Waals surface area contributed by atoms with Crippen molar-refractivity contribution in [2.75, 3.05) is 14.1 Å². The molecule has 0 aliphatic heterocycles. The Morgan fingerprint density at radius 1 is 1.15 bits per heavy atom. The summed E-state index contributed by atoms with van der Waals surface area (Å²) in [5.74, 6) is -1.29. The van der Waals surface area contributed by atoms with E-state index in [1.54, 1.807) is 49.2 Å². The Labute approximate surface area is 231 Å². The molecule has 210 valence electrons. The van der Waals surface area contributed by atoms with Gasteiger partial charge in [0.25, 0.3) is 11.8 Å². The number of imidazole rings is 1. The smallest absolute Gasteiger partial charge is 0.270 e. The quantitative estimate of drug-likeness (QED) is 0.309. The van der Waals surface area contributed by atoms with Crippen LogP contribution in [0.3, 0.4) is 0 Å². The summed E-state index contributed by atoms with van der Waals surface area (Å²) in [7, 11) is 3.17. The maximum atomic E-state index is 16.1. The number of halogens is 2. The predicted molar refractivity (Wildman–Crippen MR) is 149 cm³/mol. The summed E-state index contributed by atoms with van der Waals surface area (Å²) in [5.41, 5.74) is 0.605. The molecule has 40 heavy (non-hydrogen) atoms. The van der Waals surface area contributed by atoms with Crippen molar-refractivity contribution in [3.8, 4) is 11.1 Å². The van der Waals surface area contributed by atoms with Crippen LogP contribution >= 0.6 is 0 Å². The molecule has 2 aromatic carbocycles. The molecular weight excluding hydrogens is 514 g/mol. The van der Waals surface area contributed by atoms with Crippen LogP contribution < -0.4 is 5.32 Å². The lowest BCUT2D eigenvalue weighted by molar-refractivity contribution is 0.0827. The SMILES string of the molecule is CCn1nccc1C(=O)NC(c1nc2c(F)c(-c3ccccc3C(=O)N(C)C)c(F)cc2[nH]1)C1CCC(C)CC1. The highest BCUT2D eigenvalue weighted by molar-refractivity contribution is 6.01. The van der Waals surface area contributed by atoms with Gasteiger partial charge in [-0.15, -0.1) is 0 Å². The van der Waals surface area contributed by atoms with Crippen molar-refractivity contribution in [3.63, 3.8) is 0 Å². The van der Waals surface area contributed by atoms with Crippen molar-refractivity contribution in [2.45, 2.75) is 52.1 Å². The van der Waals surface area contributed by atoms with Gasteiger partial charge in [0.1, 0.15) is 22.9 Å². The number of carbonyl (C=O) groups excluding carboxylic acids is 2. The minimum absolute atomic E-state index is 0.0412. The molecule has 1 aliphatic carbocycles. The lowest BCUT2D eigenvalue weighted by Crippen LogP contribution is -2.36. The number of carbonyl (C=O) groups is 2. The van der Waals surface area contributed by atoms with Crippen LogP contribution in [0.5, 0.6) is 0 Å². The molecule has 10 heteroatoms. The Balaban J connectivity index is 1.58. The Hall–Kier alpha value is -4.08. The molecule has 1 atom stereocenters. The number of aromatic amines is 1. The summed E-state index contributed by atoms with van der Waals surface area (Å²) >= 11 is 0. The molecule has 0 spiro atoms. The summed E-state index contributed by atoms with van der Waals surface area (Å²) in [4.78, 5) is 35.1. The number of fused-ring (bicyclic) bond motifs is 1. The van der Waals surface area contributed by atoms with E-state index in [0.29, 0.717) is 24.0 Å². The largest absolute Gasteiger partial charge is 0.345 e. The molecule has 2 aromatic heterocycles. The second-order valence-electron chi connectivity index (χ2n) is 10.8. The van der Waals surface area contributed by atoms with Gasteiger partial charge in [-0.25, -0.2) is 13.8 Å². The number of hydrogen-bond donors (Lipinski definition) is 2. The van der Waals surface area contributed by atoms with Crippen molar-refractivity contribution < 1.29 is 18.4 Å². The lowest BCUT2D eigenvalue weighted by atomic mass is 9.79. The number of H-pyrrole nitrogens is 1. The Kier molecular flexibility index (Phi) is 7.69. The van der Waals surface area contributed by atoms with Crippen LogP contribution in [-0.4, -0.2) is 50.6 Å². The molecule has 1 aliphatic rings. The second-order valence-corrected chi connectivity index (χ2v) is 10.8. The van der Waals surface area contributed by atoms with Crippen molar-refractivity contribution in [2.24, 2.45) is 11.8 Å². The molecule has 1 unspecified atom stereocenters. The van der Waals surface area contributed by atoms with Crippen molar-refractivity contribution in [1.82, 2.24) is 30.0 Å². The minimum Gasteiger partial charge on any atom is -0.345 e. The molecule has 4 aromatic rings. The molecule has 2 amide bonds. The maximum absolute atomic E-state index is 16.1. The number of hydrogen-bond acceptors (Lipinski definition) is 4. The zero-order valence-electron chi connectivity index (χ0n) is 23.2. The molecule has 0 saturated heterocycles. The third-order valence-electron chi connectivity index (χ3n) is 7.88. The molecule has 8 nitrogen and oxygen atoms in total. The molecule has 0 bridgehead atoms. The van der Waals surface area contributed by atoms with Gasteiger partial charge in [0, 0.05) is 44.0 Å². The zero-order chi connectivity index (χ0) is 28.6. The number of benzene rings is 2. The number of amides is 2. The van der Waals surface area contributed by atoms with E-state index >= 15 is 8.78 Å². The number of nitrogens with zero attached hydrogens (tertiary/aromatic N) is 4. The van der Waals surface area contributed by atoms with Crippen molar-refractivity contribution in [1.29, 1.82) is 0 Å². The highest BCUT2D eigenvalue weighted by Crippen LogP contribution is 2.38. The monoisotopic (exact) mass is 548 g/mol. The first-order valence-electron chi connectivity index (χ1n) is 13.7. The van der Waals surface area contributed by atoms with Crippen LogP contribution in [0.2, 0.25) is 0 Å². The van der Waals surface area contributed by atoms with Crippen molar-refractivity contribution >= 4 is 22.8 Å². The first-order valence-corrected chi connectivity index (χ1v) is 13.7. The molecule has 1 fully saturated rings. The van der Waals surface area contributed by atoms with Crippen molar-refractivity contribution in [3.05, 3.63) is 71.3 Å². The van der Waals surface area contributed by atoms with Gasteiger partial charge in [-0.3, -0.25) is 14.3 Å². The van der Waals surface area contributed by atoms with E-state index in [9.17, 15) is 9.59 Å². The van der Waals surface area contributed by atoms with Gasteiger partial charge in [-0.1, -0.05) is 38.0 Å². The fourth-order valence-electron chi connectivity index (χ4n) is 5.64. The van der Waals surface area contributed by atoms with Gasteiger partial charge in [0.05, 0.1) is 17.1 Å². The normalized spacial score (nSPS) is 18.1. The summed E-state index contributed by atoms with van der Waals surface area (Å²) < 4.78 is 33.2. The van der Waals surface area contributed by atoms with Crippen LogP contribution in [0.25, 0.3) is 22.2 Å². The van der Waals surface area contributed by atoms with Crippen LogP contribution in [0.1, 0.15) is 72.2 Å². The average Bonchev–Trinajstić information content (AvgIpc) is 3.59. The fourth-order valence-corrected chi connectivity index (χ4v) is 5.64. The van der Waals surface area contributed by atoms with E-state index < -0.39 is 17.7 Å². The van der Waals surface area contributed by atoms with Gasteiger partial charge >= 0.3 is 0 Å². The Morgan fingerprint density at radius 3 is 2.58 bits per heavy atom. The average molecular weight is 549 g/mol. The second kappa shape index (κ2) is 11.2. The number of aromatic nitrogens is 4. The zero-order valence-corrected chi connectivity index (χ0v) is 23.2. The third-order valence-corrected chi connectivity index (χ3v) is 7.88. The predicted octanol–water partition coefficient (Wildman–Crippen LogP) is 5.72. The summed E-state index contributed by atoms with van der Waals surface area (Å²) in [6, 6.07) is 8.71. The van der Waals surface area contributed by atoms with Crippen LogP contribution in [0.15, 0.2) is 42.6 Å². The Morgan fingerprint density at radius 2 is 1.88 bits per heavy atom. The van der Waals surface area contributed by atoms with Gasteiger partial charge in [-0.05, 0) is 43.7 Å². The van der Waals surface area contributed by atoms with Gasteiger partial charge < -0.3 is 15.2 Å². The highest BCUT2D eigenvalue weighted by Gasteiger charge is 2.33. The third kappa shape index (κ3) is 5.10. The van der Waals surface area contributed by atoms with Crippen LogP contribution in [-0.2, 0) is 6.54 Å². The van der Waals surface area contributed by atoms with E-state index in [2.05, 4.69) is 27.3 Å². The standard InChI is InChI=1S/C30H34F2N6O2/c1-5-38-23(14-15-33-38)29(39)36-26(18-12-10-17(2)11-13-18)28-34-22-16-21(31)24(25(32)27(22)35-28)19-8-6-7-9-20(19)30(40)37(3)4/h6-9,14-18,26H,5,10-13H2,1-4H3,(H,34,35)(H,36,39). The van der Waals surface area contributed by atoms with E-state index in [4.69, 9.17) is 0 Å². The highest BCUT2D eigenvalue weighted by atomic mass is 19.1. The van der Waals surface area contributed by atoms with E-state index in [1.807, 2.05) is 6.92 Å². The maximum Gasteiger partial charge on any atom is 0.270 e. The fraction of sp³-hybridized carbons (Fsp3) is 0.400. The number of nitrogens with one attached hydrogen (secondary N) is 2. The van der Waals surface area contributed by atoms with E-state index in [0.717, 1.165) is 25.7 Å². The Bertz CT molecular complexity index is 1550. The first-order chi connectivity index (χ1) is 19.2. The molecule has 2 heterocycles. The topological polar surface area (TPSA) is 95.9 Å². The summed E-state index contributed by atoms with van der Waals surface area (Å²) in [6.07, 6.45) is 5.34.